The van der Waals surface area contributed by atoms with E-state index in [9.17, 15) is 22.8 Å². The van der Waals surface area contributed by atoms with E-state index in [0.717, 1.165) is 0 Å². The number of hydrogen-bond donors (Lipinski definition) is 3. The monoisotopic (exact) mass is 279 g/mol. The molecule has 0 aliphatic rings. The van der Waals surface area contributed by atoms with Gasteiger partial charge >= 0.3 is 6.18 Å². The van der Waals surface area contributed by atoms with Crippen molar-refractivity contribution in [2.45, 2.75) is 12.7 Å². The lowest BCUT2D eigenvalue weighted by atomic mass is 10.5. The number of rotatable bonds is 6. The fourth-order valence-electron chi connectivity index (χ4n) is 1.20. The SMILES string of the molecule is NC(=O)Cn1cc(NC(=O)CNCC(F)(F)F)cn1. The van der Waals surface area contributed by atoms with E-state index in [2.05, 4.69) is 10.4 Å². The second-order valence-electron chi connectivity index (χ2n) is 3.66. The van der Waals surface area contributed by atoms with Gasteiger partial charge in [0, 0.05) is 6.20 Å². The molecule has 0 radical (unpaired) electrons. The zero-order valence-electron chi connectivity index (χ0n) is 9.70. The Morgan fingerprint density at radius 3 is 2.68 bits per heavy atom. The van der Waals surface area contributed by atoms with E-state index in [-0.39, 0.29) is 12.2 Å². The van der Waals surface area contributed by atoms with Crippen LogP contribution in [-0.2, 0) is 16.1 Å². The van der Waals surface area contributed by atoms with Crippen molar-refractivity contribution in [3.8, 4) is 0 Å². The first kappa shape index (κ1) is 15.0. The van der Waals surface area contributed by atoms with E-state index < -0.39 is 31.1 Å². The summed E-state index contributed by atoms with van der Waals surface area (Å²) in [6, 6.07) is 0. The number of amides is 2. The van der Waals surface area contributed by atoms with Crippen LogP contribution in [0.25, 0.3) is 0 Å². The van der Waals surface area contributed by atoms with Crippen LogP contribution in [0.3, 0.4) is 0 Å². The van der Waals surface area contributed by atoms with E-state index >= 15 is 0 Å². The quantitative estimate of drug-likeness (QED) is 0.650. The summed E-state index contributed by atoms with van der Waals surface area (Å²) in [5.74, 6) is -1.25. The molecule has 1 aromatic rings. The molecule has 0 saturated heterocycles. The number of alkyl halides is 3. The molecular weight excluding hydrogens is 267 g/mol. The summed E-state index contributed by atoms with van der Waals surface area (Å²) in [5, 5.41) is 7.99. The molecule has 106 valence electrons. The molecule has 0 aromatic carbocycles. The van der Waals surface area contributed by atoms with Crippen LogP contribution in [0.15, 0.2) is 12.4 Å². The van der Waals surface area contributed by atoms with Gasteiger partial charge in [-0.2, -0.15) is 18.3 Å². The van der Waals surface area contributed by atoms with Crippen molar-refractivity contribution in [3.05, 3.63) is 12.4 Å². The molecule has 0 aliphatic heterocycles. The average molecular weight is 279 g/mol. The van der Waals surface area contributed by atoms with E-state index in [4.69, 9.17) is 5.73 Å². The van der Waals surface area contributed by atoms with Crippen molar-refractivity contribution in [2.75, 3.05) is 18.4 Å². The van der Waals surface area contributed by atoms with Gasteiger partial charge in [-0.05, 0) is 0 Å². The lowest BCUT2D eigenvalue weighted by molar-refractivity contribution is -0.127. The zero-order chi connectivity index (χ0) is 14.5. The van der Waals surface area contributed by atoms with Crippen molar-refractivity contribution in [1.82, 2.24) is 15.1 Å². The Kier molecular flexibility index (Phi) is 4.87. The fourth-order valence-corrected chi connectivity index (χ4v) is 1.20. The number of nitrogens with zero attached hydrogens (tertiary/aromatic N) is 2. The zero-order valence-corrected chi connectivity index (χ0v) is 9.70. The molecule has 0 spiro atoms. The Labute approximate surface area is 105 Å². The van der Waals surface area contributed by atoms with Crippen LogP contribution in [0.4, 0.5) is 18.9 Å². The van der Waals surface area contributed by atoms with Crippen LogP contribution in [0, 0.1) is 0 Å². The minimum Gasteiger partial charge on any atom is -0.368 e. The molecule has 0 aliphatic carbocycles. The molecule has 0 bridgehead atoms. The smallest absolute Gasteiger partial charge is 0.368 e. The van der Waals surface area contributed by atoms with E-state index in [1.54, 1.807) is 0 Å². The van der Waals surface area contributed by atoms with Gasteiger partial charge in [0.25, 0.3) is 0 Å². The Hall–Kier alpha value is -2.10. The number of halogens is 3. The number of aromatic nitrogens is 2. The average Bonchev–Trinajstić information content (AvgIpc) is 2.62. The third-order valence-electron chi connectivity index (χ3n) is 1.85. The minimum atomic E-state index is -4.37. The second kappa shape index (κ2) is 6.18. The van der Waals surface area contributed by atoms with Crippen molar-refractivity contribution >= 4 is 17.5 Å². The summed E-state index contributed by atoms with van der Waals surface area (Å²) in [6.45, 7) is -1.88. The maximum Gasteiger partial charge on any atom is 0.401 e. The number of anilines is 1. The molecule has 1 rings (SSSR count). The maximum atomic E-state index is 11.8. The molecule has 1 heterocycles. The van der Waals surface area contributed by atoms with Crippen molar-refractivity contribution in [1.29, 1.82) is 0 Å². The highest BCUT2D eigenvalue weighted by Gasteiger charge is 2.26. The number of carbonyl (C=O) groups is 2. The van der Waals surface area contributed by atoms with Gasteiger partial charge in [-0.1, -0.05) is 0 Å². The summed E-state index contributed by atoms with van der Waals surface area (Å²) >= 11 is 0. The maximum absolute atomic E-state index is 11.8. The van der Waals surface area contributed by atoms with Crippen LogP contribution in [0.2, 0.25) is 0 Å². The molecule has 10 heteroatoms. The van der Waals surface area contributed by atoms with Crippen molar-refractivity contribution in [3.63, 3.8) is 0 Å². The first-order valence-electron chi connectivity index (χ1n) is 5.14. The lowest BCUT2D eigenvalue weighted by Gasteiger charge is -2.07. The molecule has 7 nitrogen and oxygen atoms in total. The molecular formula is C9H12F3N5O2. The number of primary amides is 1. The van der Waals surface area contributed by atoms with Crippen LogP contribution >= 0.6 is 0 Å². The highest BCUT2D eigenvalue weighted by atomic mass is 19.4. The first-order chi connectivity index (χ1) is 8.76. The third kappa shape index (κ3) is 6.41. The lowest BCUT2D eigenvalue weighted by Crippen LogP contribution is -2.35. The standard InChI is InChI=1S/C9H12F3N5O2/c10-9(11,12)5-14-2-8(19)16-6-1-15-17(3-6)4-7(13)18/h1,3,14H,2,4-5H2,(H2,13,18)(H,16,19). The molecule has 19 heavy (non-hydrogen) atoms. The van der Waals surface area contributed by atoms with E-state index in [1.807, 2.05) is 5.32 Å². The predicted octanol–water partition coefficient (Wildman–Crippen LogP) is -0.541. The summed E-state index contributed by atoms with van der Waals surface area (Å²) in [6.07, 6.45) is -1.77. The van der Waals surface area contributed by atoms with Crippen LogP contribution in [0.5, 0.6) is 0 Å². The Morgan fingerprint density at radius 1 is 1.42 bits per heavy atom. The van der Waals surface area contributed by atoms with Gasteiger partial charge < -0.3 is 16.4 Å². The highest BCUT2D eigenvalue weighted by Crippen LogP contribution is 2.12. The molecule has 0 fully saturated rings. The summed E-state index contributed by atoms with van der Waals surface area (Å²) < 4.78 is 36.6. The highest BCUT2D eigenvalue weighted by molar-refractivity contribution is 5.92. The van der Waals surface area contributed by atoms with Crippen molar-refractivity contribution < 1.29 is 22.8 Å². The fraction of sp³-hybridized carbons (Fsp3) is 0.444. The molecule has 0 unspecified atom stereocenters. The van der Waals surface area contributed by atoms with Gasteiger partial charge in [0.05, 0.1) is 25.0 Å². The first-order valence-corrected chi connectivity index (χ1v) is 5.14. The molecule has 2 amide bonds. The van der Waals surface area contributed by atoms with Gasteiger partial charge in [0.2, 0.25) is 11.8 Å². The molecule has 1 aromatic heterocycles. The van der Waals surface area contributed by atoms with Gasteiger partial charge in [0.15, 0.2) is 0 Å². The van der Waals surface area contributed by atoms with Crippen LogP contribution in [0.1, 0.15) is 0 Å². The molecule has 4 N–H and O–H groups in total. The minimum absolute atomic E-state index is 0.151. The van der Waals surface area contributed by atoms with E-state index in [1.165, 1.54) is 17.1 Å². The largest absolute Gasteiger partial charge is 0.401 e. The van der Waals surface area contributed by atoms with Crippen LogP contribution in [-0.4, -0.2) is 40.9 Å². The van der Waals surface area contributed by atoms with Gasteiger partial charge in [-0.15, -0.1) is 0 Å². The molecule has 0 atom stereocenters. The van der Waals surface area contributed by atoms with Gasteiger partial charge in [-0.3, -0.25) is 14.3 Å². The summed E-state index contributed by atoms with van der Waals surface area (Å²) in [5.41, 5.74) is 5.20. The number of carbonyl (C=O) groups excluding carboxylic acids is 2. The predicted molar refractivity (Wildman–Crippen MR) is 59.0 cm³/mol. The van der Waals surface area contributed by atoms with Gasteiger partial charge in [0.1, 0.15) is 6.54 Å². The number of nitrogens with two attached hydrogens (primary N) is 1. The van der Waals surface area contributed by atoms with E-state index in [0.29, 0.717) is 0 Å². The topological polar surface area (TPSA) is 102 Å². The third-order valence-corrected chi connectivity index (χ3v) is 1.85. The second-order valence-corrected chi connectivity index (χ2v) is 3.66. The number of hydrogen-bond acceptors (Lipinski definition) is 4. The van der Waals surface area contributed by atoms with Crippen molar-refractivity contribution in [2.24, 2.45) is 5.73 Å². The molecule has 0 saturated carbocycles. The summed E-state index contributed by atoms with van der Waals surface area (Å²) in [4.78, 5) is 21.9. The Bertz CT molecular complexity index is 457. The number of nitrogens with one attached hydrogen (secondary N) is 2. The summed E-state index contributed by atoms with van der Waals surface area (Å²) in [7, 11) is 0. The van der Waals surface area contributed by atoms with Crippen LogP contribution < -0.4 is 16.4 Å². The normalized spacial score (nSPS) is 11.3. The Morgan fingerprint density at radius 2 is 2.11 bits per heavy atom. The Balaban J connectivity index is 2.36. The van der Waals surface area contributed by atoms with Gasteiger partial charge in [-0.25, -0.2) is 0 Å².